The van der Waals surface area contributed by atoms with Crippen molar-refractivity contribution in [2.45, 2.75) is 26.2 Å². The zero-order valence-electron chi connectivity index (χ0n) is 18.7. The van der Waals surface area contributed by atoms with Crippen LogP contribution < -0.4 is 10.1 Å². The third kappa shape index (κ3) is 4.54. The van der Waals surface area contributed by atoms with E-state index in [2.05, 4.69) is 15.4 Å². The molecule has 5 rings (SSSR count). The highest BCUT2D eigenvalue weighted by atomic mass is 16.5. The molecule has 0 saturated heterocycles. The summed E-state index contributed by atoms with van der Waals surface area (Å²) in [5.74, 6) is 0.921. The number of hydrogen-bond acceptors (Lipinski definition) is 6. The lowest BCUT2D eigenvalue weighted by Gasteiger charge is -2.28. The quantitative estimate of drug-likeness (QED) is 0.402. The average Bonchev–Trinajstić information content (AvgIpc) is 3.35. The first-order valence-electron chi connectivity index (χ1n) is 11.0. The molecule has 7 heteroatoms. The highest BCUT2D eigenvalue weighted by Crippen LogP contribution is 2.36. The van der Waals surface area contributed by atoms with E-state index in [1.165, 1.54) is 6.33 Å². The first-order chi connectivity index (χ1) is 16.7. The van der Waals surface area contributed by atoms with Crippen LogP contribution in [0.15, 0.2) is 103 Å². The molecule has 0 saturated carbocycles. The highest BCUT2D eigenvalue weighted by molar-refractivity contribution is 5.92. The van der Waals surface area contributed by atoms with Gasteiger partial charge in [0.1, 0.15) is 31.3 Å². The number of aromatic nitrogens is 3. The largest absolute Gasteiger partial charge is 0.489 e. The summed E-state index contributed by atoms with van der Waals surface area (Å²) in [5, 5.41) is 7.53. The van der Waals surface area contributed by atoms with Gasteiger partial charge in [0.05, 0.1) is 5.57 Å². The molecule has 1 N–H and O–H groups in total. The van der Waals surface area contributed by atoms with E-state index in [4.69, 9.17) is 9.47 Å². The monoisotopic (exact) mass is 452 g/mol. The van der Waals surface area contributed by atoms with Gasteiger partial charge in [-0.2, -0.15) is 10.1 Å². The number of hydrogen-bond donors (Lipinski definition) is 1. The Balaban J connectivity index is 1.38. The van der Waals surface area contributed by atoms with Gasteiger partial charge in [-0.05, 0) is 35.7 Å². The molecule has 1 atom stereocenters. The van der Waals surface area contributed by atoms with E-state index in [1.54, 1.807) is 4.68 Å². The molecule has 0 bridgehead atoms. The molecule has 0 spiro atoms. The molecule has 1 aliphatic rings. The summed E-state index contributed by atoms with van der Waals surface area (Å²) in [5.41, 5.74) is 4.08. The number of rotatable bonds is 7. The molecule has 1 aromatic heterocycles. The van der Waals surface area contributed by atoms with Crippen molar-refractivity contribution >= 4 is 11.9 Å². The van der Waals surface area contributed by atoms with Crippen LogP contribution in [-0.4, -0.2) is 20.7 Å². The summed E-state index contributed by atoms with van der Waals surface area (Å²) < 4.78 is 13.3. The molecule has 4 aromatic rings. The summed E-state index contributed by atoms with van der Waals surface area (Å²) in [6.07, 6.45) is 1.47. The third-order valence-electron chi connectivity index (χ3n) is 5.67. The van der Waals surface area contributed by atoms with Gasteiger partial charge in [-0.25, -0.2) is 9.48 Å². The molecule has 7 nitrogen and oxygen atoms in total. The predicted molar refractivity (Wildman–Crippen MR) is 128 cm³/mol. The van der Waals surface area contributed by atoms with Crippen LogP contribution in [0.4, 0.5) is 5.95 Å². The zero-order valence-corrected chi connectivity index (χ0v) is 18.7. The molecule has 170 valence electrons. The second-order valence-corrected chi connectivity index (χ2v) is 8.00. The maximum atomic E-state index is 13.2. The Morgan fingerprint density at radius 2 is 1.56 bits per heavy atom. The molecule has 0 amide bonds. The summed E-state index contributed by atoms with van der Waals surface area (Å²) in [6, 6.07) is 26.8. The van der Waals surface area contributed by atoms with E-state index in [0.717, 1.165) is 22.4 Å². The SMILES string of the molecule is CC1=C(C(=O)OCc2ccccc2)[C@H](c2ccc(OCc3ccccc3)cc2)n2ncnc2N1. The van der Waals surface area contributed by atoms with Crippen molar-refractivity contribution in [3.63, 3.8) is 0 Å². The van der Waals surface area contributed by atoms with Gasteiger partial charge in [0.25, 0.3) is 0 Å². The van der Waals surface area contributed by atoms with Crippen LogP contribution in [0.25, 0.3) is 0 Å². The number of benzene rings is 3. The number of esters is 1. The van der Waals surface area contributed by atoms with Crippen molar-refractivity contribution in [1.82, 2.24) is 14.8 Å². The molecule has 0 radical (unpaired) electrons. The molecule has 34 heavy (non-hydrogen) atoms. The molecular weight excluding hydrogens is 428 g/mol. The molecule has 0 unspecified atom stereocenters. The van der Waals surface area contributed by atoms with Crippen LogP contribution in [0.3, 0.4) is 0 Å². The number of nitrogens with zero attached hydrogens (tertiary/aromatic N) is 3. The molecule has 0 fully saturated rings. The van der Waals surface area contributed by atoms with Crippen molar-refractivity contribution in [1.29, 1.82) is 0 Å². The Bertz CT molecular complexity index is 1300. The van der Waals surface area contributed by atoms with Gasteiger partial charge in [-0.15, -0.1) is 0 Å². The lowest BCUT2D eigenvalue weighted by molar-refractivity contribution is -0.140. The summed E-state index contributed by atoms with van der Waals surface area (Å²) in [6.45, 7) is 2.53. The standard InChI is InChI=1S/C27H24N4O3/c1-19-24(26(32)34-17-21-10-6-3-7-11-21)25(31-27(30-19)28-18-29-31)22-12-14-23(15-13-22)33-16-20-8-4-2-5-9-20/h2-15,18,25H,16-17H2,1H3,(H,28,29,30)/t25-/m0/s1. The Hall–Kier alpha value is -4.39. The van der Waals surface area contributed by atoms with Gasteiger partial charge in [0.15, 0.2) is 0 Å². The van der Waals surface area contributed by atoms with Gasteiger partial charge in [-0.1, -0.05) is 72.8 Å². The van der Waals surface area contributed by atoms with Crippen LogP contribution >= 0.6 is 0 Å². The number of anilines is 1. The minimum atomic E-state index is -0.467. The summed E-state index contributed by atoms with van der Waals surface area (Å²) in [4.78, 5) is 17.5. The van der Waals surface area contributed by atoms with Crippen LogP contribution in [0.5, 0.6) is 5.75 Å². The van der Waals surface area contributed by atoms with E-state index >= 15 is 0 Å². The van der Waals surface area contributed by atoms with Crippen molar-refractivity contribution in [3.05, 3.63) is 119 Å². The van der Waals surface area contributed by atoms with Crippen LogP contribution in [0.2, 0.25) is 0 Å². The fourth-order valence-corrected chi connectivity index (χ4v) is 3.95. The Morgan fingerprint density at radius 3 is 2.24 bits per heavy atom. The topological polar surface area (TPSA) is 78.3 Å². The number of carbonyl (C=O) groups is 1. The van der Waals surface area contributed by atoms with Crippen LogP contribution in [0.1, 0.15) is 29.7 Å². The lowest BCUT2D eigenvalue weighted by atomic mass is 9.95. The second-order valence-electron chi connectivity index (χ2n) is 8.00. The average molecular weight is 453 g/mol. The van der Waals surface area contributed by atoms with E-state index in [9.17, 15) is 4.79 Å². The molecule has 3 aromatic carbocycles. The van der Waals surface area contributed by atoms with Crippen molar-refractivity contribution in [2.75, 3.05) is 5.32 Å². The number of nitrogens with one attached hydrogen (secondary N) is 1. The van der Waals surface area contributed by atoms with Crippen molar-refractivity contribution in [3.8, 4) is 5.75 Å². The van der Waals surface area contributed by atoms with E-state index in [0.29, 0.717) is 23.8 Å². The summed E-state index contributed by atoms with van der Waals surface area (Å²) >= 11 is 0. The number of fused-ring (bicyclic) bond motifs is 1. The van der Waals surface area contributed by atoms with Crippen molar-refractivity contribution < 1.29 is 14.3 Å². The maximum Gasteiger partial charge on any atom is 0.338 e. The second kappa shape index (κ2) is 9.62. The lowest BCUT2D eigenvalue weighted by Crippen LogP contribution is -2.29. The maximum absolute atomic E-state index is 13.2. The fraction of sp³-hybridized carbons (Fsp3) is 0.148. The molecule has 1 aliphatic heterocycles. The van der Waals surface area contributed by atoms with E-state index in [1.807, 2.05) is 91.9 Å². The number of allylic oxidation sites excluding steroid dienone is 1. The number of ether oxygens (including phenoxy) is 2. The van der Waals surface area contributed by atoms with Crippen LogP contribution in [0, 0.1) is 0 Å². The van der Waals surface area contributed by atoms with Gasteiger partial charge >= 0.3 is 5.97 Å². The highest BCUT2D eigenvalue weighted by Gasteiger charge is 2.34. The zero-order chi connectivity index (χ0) is 23.3. The van der Waals surface area contributed by atoms with Crippen LogP contribution in [-0.2, 0) is 22.7 Å². The van der Waals surface area contributed by atoms with E-state index in [-0.39, 0.29) is 6.61 Å². The Kier molecular flexibility index (Phi) is 6.07. The Labute approximate surface area is 197 Å². The fourth-order valence-electron chi connectivity index (χ4n) is 3.95. The minimum absolute atomic E-state index is 0.194. The first kappa shape index (κ1) is 21.5. The van der Waals surface area contributed by atoms with Crippen molar-refractivity contribution in [2.24, 2.45) is 0 Å². The van der Waals surface area contributed by atoms with E-state index < -0.39 is 12.0 Å². The third-order valence-corrected chi connectivity index (χ3v) is 5.67. The minimum Gasteiger partial charge on any atom is -0.489 e. The Morgan fingerprint density at radius 1 is 0.912 bits per heavy atom. The first-order valence-corrected chi connectivity index (χ1v) is 11.0. The summed E-state index contributed by atoms with van der Waals surface area (Å²) in [7, 11) is 0. The number of carbonyl (C=O) groups excluding carboxylic acids is 1. The van der Waals surface area contributed by atoms with Gasteiger partial charge in [-0.3, -0.25) is 0 Å². The molecule has 0 aliphatic carbocycles. The van der Waals surface area contributed by atoms with Gasteiger partial charge < -0.3 is 14.8 Å². The molecular formula is C27H24N4O3. The molecule has 2 heterocycles. The van der Waals surface area contributed by atoms with Gasteiger partial charge in [0, 0.05) is 5.70 Å². The van der Waals surface area contributed by atoms with Gasteiger partial charge in [0.2, 0.25) is 5.95 Å². The predicted octanol–water partition coefficient (Wildman–Crippen LogP) is 4.89. The normalized spacial score (nSPS) is 14.8. The smallest absolute Gasteiger partial charge is 0.338 e.